The van der Waals surface area contributed by atoms with E-state index < -0.39 is 0 Å². The van der Waals surface area contributed by atoms with Gasteiger partial charge in [-0.25, -0.2) is 9.97 Å². The van der Waals surface area contributed by atoms with E-state index >= 15 is 0 Å². The third-order valence-electron chi connectivity index (χ3n) is 4.34. The second kappa shape index (κ2) is 5.23. The molecule has 1 heterocycles. The monoisotopic (exact) mass is 281 g/mol. The molecule has 1 aliphatic rings. The van der Waals surface area contributed by atoms with E-state index in [1.165, 1.54) is 5.56 Å². The summed E-state index contributed by atoms with van der Waals surface area (Å²) in [6, 6.07) is 8.56. The number of hydrogen-bond acceptors (Lipinski definition) is 3. The second-order valence-corrected chi connectivity index (χ2v) is 6.80. The Kier molecular flexibility index (Phi) is 3.54. The Balaban J connectivity index is 1.98. The molecule has 110 valence electrons. The summed E-state index contributed by atoms with van der Waals surface area (Å²) in [4.78, 5) is 9.32. The molecule has 0 bridgehead atoms. The van der Waals surface area contributed by atoms with Crippen molar-refractivity contribution in [3.05, 3.63) is 47.3 Å². The van der Waals surface area contributed by atoms with Crippen LogP contribution in [-0.2, 0) is 12.8 Å². The largest absolute Gasteiger partial charge is 0.324 e. The van der Waals surface area contributed by atoms with Crippen molar-refractivity contribution >= 4 is 0 Å². The van der Waals surface area contributed by atoms with Crippen molar-refractivity contribution in [2.45, 2.75) is 46.1 Å². The van der Waals surface area contributed by atoms with E-state index in [9.17, 15) is 0 Å². The lowest BCUT2D eigenvalue weighted by molar-refractivity contribution is 0.278. The van der Waals surface area contributed by atoms with Crippen LogP contribution in [0.25, 0.3) is 11.4 Å². The van der Waals surface area contributed by atoms with Gasteiger partial charge in [0.2, 0.25) is 0 Å². The summed E-state index contributed by atoms with van der Waals surface area (Å²) in [6.07, 6.45) is 4.94. The summed E-state index contributed by atoms with van der Waals surface area (Å²) < 4.78 is 0. The van der Waals surface area contributed by atoms with E-state index in [2.05, 4.69) is 50.0 Å². The second-order valence-electron chi connectivity index (χ2n) is 6.80. The first-order valence-electron chi connectivity index (χ1n) is 7.69. The highest BCUT2D eigenvalue weighted by Crippen LogP contribution is 2.38. The average molecular weight is 281 g/mol. The van der Waals surface area contributed by atoms with Gasteiger partial charge in [-0.05, 0) is 30.2 Å². The minimum atomic E-state index is 0.0558. The molecule has 3 heteroatoms. The van der Waals surface area contributed by atoms with Crippen LogP contribution in [0, 0.1) is 5.41 Å². The first-order chi connectivity index (χ1) is 9.98. The minimum Gasteiger partial charge on any atom is -0.324 e. The van der Waals surface area contributed by atoms with Crippen molar-refractivity contribution in [1.29, 1.82) is 0 Å². The SMILES string of the molecule is CCc1ccc(-c2ncc3c(n2)CC(C)(C)CC3N)cc1. The van der Waals surface area contributed by atoms with Crippen molar-refractivity contribution in [2.75, 3.05) is 0 Å². The molecule has 1 atom stereocenters. The lowest BCUT2D eigenvalue weighted by Crippen LogP contribution is -2.30. The molecule has 0 fully saturated rings. The molecule has 1 unspecified atom stereocenters. The van der Waals surface area contributed by atoms with Gasteiger partial charge in [-0.15, -0.1) is 0 Å². The van der Waals surface area contributed by atoms with E-state index in [1.54, 1.807) is 0 Å². The van der Waals surface area contributed by atoms with Gasteiger partial charge in [0.25, 0.3) is 0 Å². The smallest absolute Gasteiger partial charge is 0.159 e. The number of aryl methyl sites for hydroxylation is 1. The van der Waals surface area contributed by atoms with Crippen LogP contribution in [0.2, 0.25) is 0 Å². The number of rotatable bonds is 2. The molecule has 0 saturated carbocycles. The topological polar surface area (TPSA) is 51.8 Å². The van der Waals surface area contributed by atoms with Gasteiger partial charge in [0, 0.05) is 29.1 Å². The maximum absolute atomic E-state index is 6.27. The highest BCUT2D eigenvalue weighted by Gasteiger charge is 2.31. The van der Waals surface area contributed by atoms with Crippen LogP contribution in [0.4, 0.5) is 0 Å². The molecule has 1 aromatic heterocycles. The number of aromatic nitrogens is 2. The predicted molar refractivity (Wildman–Crippen MR) is 85.9 cm³/mol. The lowest BCUT2D eigenvalue weighted by Gasteiger charge is -2.34. The van der Waals surface area contributed by atoms with E-state index in [-0.39, 0.29) is 11.5 Å². The molecule has 0 spiro atoms. The summed E-state index contributed by atoms with van der Waals surface area (Å²) in [6.45, 7) is 6.68. The molecule has 3 rings (SSSR count). The molecule has 21 heavy (non-hydrogen) atoms. The molecular formula is C18H23N3. The van der Waals surface area contributed by atoms with Crippen molar-refractivity contribution in [3.8, 4) is 11.4 Å². The van der Waals surface area contributed by atoms with Crippen LogP contribution in [0.3, 0.4) is 0 Å². The fourth-order valence-electron chi connectivity index (χ4n) is 3.14. The van der Waals surface area contributed by atoms with E-state index in [4.69, 9.17) is 10.7 Å². The maximum Gasteiger partial charge on any atom is 0.159 e. The fourth-order valence-corrected chi connectivity index (χ4v) is 3.14. The number of hydrogen-bond donors (Lipinski definition) is 1. The van der Waals surface area contributed by atoms with Crippen LogP contribution in [0.15, 0.2) is 30.5 Å². The van der Waals surface area contributed by atoms with Crippen molar-refractivity contribution in [1.82, 2.24) is 9.97 Å². The van der Waals surface area contributed by atoms with Gasteiger partial charge >= 0.3 is 0 Å². The number of fused-ring (bicyclic) bond motifs is 1. The first-order valence-corrected chi connectivity index (χ1v) is 7.69. The number of benzene rings is 1. The predicted octanol–water partition coefficient (Wildman–Crippen LogP) is 3.68. The van der Waals surface area contributed by atoms with Crippen LogP contribution in [0.1, 0.15) is 50.1 Å². The van der Waals surface area contributed by atoms with E-state index in [1.807, 2.05) is 6.20 Å². The Morgan fingerprint density at radius 1 is 1.24 bits per heavy atom. The van der Waals surface area contributed by atoms with Gasteiger partial charge in [0.1, 0.15) is 0 Å². The Morgan fingerprint density at radius 2 is 1.95 bits per heavy atom. The third kappa shape index (κ3) is 2.84. The molecule has 2 N–H and O–H groups in total. The molecule has 0 amide bonds. The maximum atomic E-state index is 6.27. The Hall–Kier alpha value is -1.74. The van der Waals surface area contributed by atoms with Gasteiger partial charge in [0.05, 0.1) is 0 Å². The van der Waals surface area contributed by atoms with Gasteiger partial charge in [-0.3, -0.25) is 0 Å². The van der Waals surface area contributed by atoms with Crippen LogP contribution in [-0.4, -0.2) is 9.97 Å². The Labute approximate surface area is 126 Å². The number of nitrogens with two attached hydrogens (primary N) is 1. The zero-order valence-electron chi connectivity index (χ0n) is 13.1. The first kappa shape index (κ1) is 14.2. The minimum absolute atomic E-state index is 0.0558. The molecule has 1 aliphatic carbocycles. The fraction of sp³-hybridized carbons (Fsp3) is 0.444. The van der Waals surface area contributed by atoms with Gasteiger partial charge in [-0.1, -0.05) is 45.0 Å². The third-order valence-corrected chi connectivity index (χ3v) is 4.34. The summed E-state index contributed by atoms with van der Waals surface area (Å²) in [5.41, 5.74) is 11.1. The quantitative estimate of drug-likeness (QED) is 0.913. The summed E-state index contributed by atoms with van der Waals surface area (Å²) in [5.74, 6) is 0.807. The summed E-state index contributed by atoms with van der Waals surface area (Å²) >= 11 is 0. The number of nitrogens with zero attached hydrogens (tertiary/aromatic N) is 2. The van der Waals surface area contributed by atoms with Gasteiger partial charge < -0.3 is 5.73 Å². The zero-order chi connectivity index (χ0) is 15.0. The highest BCUT2D eigenvalue weighted by molar-refractivity contribution is 5.56. The zero-order valence-corrected chi connectivity index (χ0v) is 13.1. The van der Waals surface area contributed by atoms with E-state index in [0.29, 0.717) is 0 Å². The Bertz CT molecular complexity index is 644. The summed E-state index contributed by atoms with van der Waals surface area (Å²) in [5, 5.41) is 0. The highest BCUT2D eigenvalue weighted by atomic mass is 14.9. The van der Waals surface area contributed by atoms with Crippen LogP contribution in [0.5, 0.6) is 0 Å². The van der Waals surface area contributed by atoms with E-state index in [0.717, 1.165) is 41.9 Å². The lowest BCUT2D eigenvalue weighted by atomic mass is 9.74. The van der Waals surface area contributed by atoms with Crippen LogP contribution >= 0.6 is 0 Å². The summed E-state index contributed by atoms with van der Waals surface area (Å²) in [7, 11) is 0. The van der Waals surface area contributed by atoms with Gasteiger partial charge in [-0.2, -0.15) is 0 Å². The normalized spacial score (nSPS) is 20.1. The average Bonchev–Trinajstić information content (AvgIpc) is 2.45. The van der Waals surface area contributed by atoms with Crippen molar-refractivity contribution in [3.63, 3.8) is 0 Å². The molecule has 0 saturated heterocycles. The van der Waals surface area contributed by atoms with Crippen molar-refractivity contribution in [2.24, 2.45) is 11.1 Å². The molecular weight excluding hydrogens is 258 g/mol. The standard InChI is InChI=1S/C18H23N3/c1-4-12-5-7-13(8-6-12)17-20-11-14-15(19)9-18(2,3)10-16(14)21-17/h5-8,11,15H,4,9-10,19H2,1-3H3. The molecule has 3 nitrogen and oxygen atoms in total. The molecule has 1 aromatic carbocycles. The Morgan fingerprint density at radius 3 is 2.62 bits per heavy atom. The molecule has 0 radical (unpaired) electrons. The molecule has 2 aromatic rings. The van der Waals surface area contributed by atoms with Gasteiger partial charge in [0.15, 0.2) is 5.82 Å². The van der Waals surface area contributed by atoms with Crippen molar-refractivity contribution < 1.29 is 0 Å². The van der Waals surface area contributed by atoms with Crippen LogP contribution < -0.4 is 5.73 Å². The molecule has 0 aliphatic heterocycles.